The lowest BCUT2D eigenvalue weighted by atomic mass is 10.2. The van der Waals surface area contributed by atoms with E-state index >= 15 is 0 Å². The molecule has 3 nitrogen and oxygen atoms in total. The van der Waals surface area contributed by atoms with Crippen molar-refractivity contribution < 1.29 is 0 Å². The molecule has 0 saturated heterocycles. The van der Waals surface area contributed by atoms with Gasteiger partial charge in [-0.05, 0) is 12.8 Å². The Morgan fingerprint density at radius 2 is 2.06 bits per heavy atom. The maximum Gasteiger partial charge on any atom is 0.122 e. The third-order valence-corrected chi connectivity index (χ3v) is 2.66. The lowest BCUT2D eigenvalue weighted by Gasteiger charge is -2.01. The zero-order chi connectivity index (χ0) is 12.1. The van der Waals surface area contributed by atoms with Gasteiger partial charge in [0.25, 0.3) is 0 Å². The molecule has 2 rings (SSSR count). The molecule has 2 aromatic rings. The molecular weight excluding hydrogens is 210 g/mol. The Labute approximate surface area is 102 Å². The van der Waals surface area contributed by atoms with Crippen molar-refractivity contribution in [1.29, 1.82) is 0 Å². The molecule has 0 spiro atoms. The van der Waals surface area contributed by atoms with Crippen molar-refractivity contribution in [3.63, 3.8) is 0 Å². The van der Waals surface area contributed by atoms with Crippen LogP contribution in [0, 0.1) is 0 Å². The van der Waals surface area contributed by atoms with Gasteiger partial charge in [0.05, 0.1) is 5.69 Å². The largest absolute Gasteiger partial charge is 0.384 e. The first kappa shape index (κ1) is 11.5. The predicted octanol–water partition coefficient (Wildman–Crippen LogP) is 3.10. The molecule has 0 unspecified atom stereocenters. The van der Waals surface area contributed by atoms with Gasteiger partial charge < -0.3 is 5.73 Å². The number of aryl methyl sites for hydroxylation is 1. The highest BCUT2D eigenvalue weighted by Gasteiger charge is 2.05. The summed E-state index contributed by atoms with van der Waals surface area (Å²) in [6, 6.07) is 12.0. The van der Waals surface area contributed by atoms with Gasteiger partial charge in [-0.2, -0.15) is 5.10 Å². The van der Waals surface area contributed by atoms with Crippen molar-refractivity contribution in [2.75, 3.05) is 5.73 Å². The normalized spacial score (nSPS) is 10.4. The van der Waals surface area contributed by atoms with Gasteiger partial charge in [-0.1, -0.05) is 36.4 Å². The van der Waals surface area contributed by atoms with Crippen LogP contribution in [-0.4, -0.2) is 9.78 Å². The Morgan fingerprint density at radius 3 is 2.76 bits per heavy atom. The molecule has 0 aliphatic rings. The number of nitrogen functional groups attached to an aromatic ring is 1. The van der Waals surface area contributed by atoms with Crippen LogP contribution in [0.5, 0.6) is 0 Å². The molecule has 0 aliphatic carbocycles. The van der Waals surface area contributed by atoms with Crippen molar-refractivity contribution in [2.24, 2.45) is 0 Å². The van der Waals surface area contributed by atoms with Gasteiger partial charge >= 0.3 is 0 Å². The number of nitrogens with zero attached hydrogens (tertiary/aromatic N) is 2. The van der Waals surface area contributed by atoms with Crippen LogP contribution >= 0.6 is 0 Å². The lowest BCUT2D eigenvalue weighted by Crippen LogP contribution is -2.04. The van der Waals surface area contributed by atoms with Crippen LogP contribution in [0.1, 0.15) is 12.8 Å². The minimum atomic E-state index is 0.716. The highest BCUT2D eigenvalue weighted by molar-refractivity contribution is 5.61. The number of aromatic nitrogens is 2. The summed E-state index contributed by atoms with van der Waals surface area (Å²) in [5.74, 6) is 0.716. The molecule has 0 amide bonds. The van der Waals surface area contributed by atoms with Gasteiger partial charge in [0.15, 0.2) is 0 Å². The van der Waals surface area contributed by atoms with Gasteiger partial charge in [0.1, 0.15) is 5.82 Å². The molecular formula is C14H17N3. The van der Waals surface area contributed by atoms with Crippen LogP contribution in [0.2, 0.25) is 0 Å². The van der Waals surface area contributed by atoms with Crippen LogP contribution in [0.3, 0.4) is 0 Å². The Kier molecular flexibility index (Phi) is 3.60. The minimum Gasteiger partial charge on any atom is -0.384 e. The first-order valence-electron chi connectivity index (χ1n) is 5.81. The van der Waals surface area contributed by atoms with Crippen molar-refractivity contribution in [2.45, 2.75) is 19.4 Å². The van der Waals surface area contributed by atoms with E-state index < -0.39 is 0 Å². The SMILES string of the molecule is C=CCCCn1nc(-c2ccccc2)cc1N. The lowest BCUT2D eigenvalue weighted by molar-refractivity contribution is 0.593. The van der Waals surface area contributed by atoms with Crippen molar-refractivity contribution in [3.8, 4) is 11.3 Å². The van der Waals surface area contributed by atoms with E-state index in [0.29, 0.717) is 5.82 Å². The van der Waals surface area contributed by atoms with E-state index in [1.54, 1.807) is 0 Å². The van der Waals surface area contributed by atoms with E-state index in [0.717, 1.165) is 30.6 Å². The molecule has 0 radical (unpaired) electrons. The minimum absolute atomic E-state index is 0.716. The number of anilines is 1. The monoisotopic (exact) mass is 227 g/mol. The maximum atomic E-state index is 5.94. The molecule has 17 heavy (non-hydrogen) atoms. The van der Waals surface area contributed by atoms with E-state index in [4.69, 9.17) is 5.73 Å². The summed E-state index contributed by atoms with van der Waals surface area (Å²) in [7, 11) is 0. The number of nitrogens with two attached hydrogens (primary N) is 1. The van der Waals surface area contributed by atoms with Gasteiger partial charge in [-0.15, -0.1) is 6.58 Å². The molecule has 1 aromatic carbocycles. The van der Waals surface area contributed by atoms with Crippen molar-refractivity contribution in [3.05, 3.63) is 49.1 Å². The maximum absolute atomic E-state index is 5.94. The topological polar surface area (TPSA) is 43.8 Å². The second-order valence-corrected chi connectivity index (χ2v) is 3.97. The van der Waals surface area contributed by atoms with Crippen LogP contribution < -0.4 is 5.73 Å². The molecule has 88 valence electrons. The summed E-state index contributed by atoms with van der Waals surface area (Å²) in [4.78, 5) is 0. The summed E-state index contributed by atoms with van der Waals surface area (Å²) in [6.07, 6.45) is 3.92. The fourth-order valence-electron chi connectivity index (χ4n) is 1.75. The van der Waals surface area contributed by atoms with Crippen LogP contribution in [0.15, 0.2) is 49.1 Å². The Bertz CT molecular complexity index is 485. The highest BCUT2D eigenvalue weighted by atomic mass is 15.3. The van der Waals surface area contributed by atoms with E-state index in [-0.39, 0.29) is 0 Å². The number of benzene rings is 1. The number of rotatable bonds is 5. The van der Waals surface area contributed by atoms with Crippen molar-refractivity contribution in [1.82, 2.24) is 9.78 Å². The quantitative estimate of drug-likeness (QED) is 0.630. The third-order valence-electron chi connectivity index (χ3n) is 2.66. The second-order valence-electron chi connectivity index (χ2n) is 3.97. The summed E-state index contributed by atoms with van der Waals surface area (Å²) in [5, 5.41) is 4.51. The van der Waals surface area contributed by atoms with E-state index in [1.165, 1.54) is 0 Å². The summed E-state index contributed by atoms with van der Waals surface area (Å²) in [6.45, 7) is 4.54. The Morgan fingerprint density at radius 1 is 1.29 bits per heavy atom. The molecule has 2 N–H and O–H groups in total. The summed E-state index contributed by atoms with van der Waals surface area (Å²) >= 11 is 0. The molecule has 3 heteroatoms. The fourth-order valence-corrected chi connectivity index (χ4v) is 1.75. The molecule has 0 fully saturated rings. The molecule has 0 saturated carbocycles. The van der Waals surface area contributed by atoms with Crippen LogP contribution in [-0.2, 0) is 6.54 Å². The highest BCUT2D eigenvalue weighted by Crippen LogP contribution is 2.20. The van der Waals surface area contributed by atoms with Crippen molar-refractivity contribution >= 4 is 5.82 Å². The van der Waals surface area contributed by atoms with Gasteiger partial charge in [-0.25, -0.2) is 4.68 Å². The number of allylic oxidation sites excluding steroid dienone is 1. The van der Waals surface area contributed by atoms with Crippen LogP contribution in [0.4, 0.5) is 5.82 Å². The van der Waals surface area contributed by atoms with Crippen LogP contribution in [0.25, 0.3) is 11.3 Å². The summed E-state index contributed by atoms with van der Waals surface area (Å²) < 4.78 is 1.85. The first-order chi connectivity index (χ1) is 8.31. The molecule has 0 bridgehead atoms. The average Bonchev–Trinajstić information content (AvgIpc) is 2.73. The zero-order valence-corrected chi connectivity index (χ0v) is 9.84. The molecule has 0 atom stereocenters. The smallest absolute Gasteiger partial charge is 0.122 e. The first-order valence-corrected chi connectivity index (χ1v) is 5.81. The number of hydrogen-bond donors (Lipinski definition) is 1. The predicted molar refractivity (Wildman–Crippen MR) is 71.5 cm³/mol. The Hall–Kier alpha value is -2.03. The molecule has 0 aliphatic heterocycles. The van der Waals surface area contributed by atoms with Gasteiger partial charge in [-0.3, -0.25) is 0 Å². The summed E-state index contributed by atoms with van der Waals surface area (Å²) in [5.41, 5.74) is 7.97. The zero-order valence-electron chi connectivity index (χ0n) is 9.84. The number of unbranched alkanes of at least 4 members (excludes halogenated alkanes) is 1. The van der Waals surface area contributed by atoms with Gasteiger partial charge in [0, 0.05) is 18.2 Å². The molecule has 1 aromatic heterocycles. The van der Waals surface area contributed by atoms with E-state index in [9.17, 15) is 0 Å². The second kappa shape index (κ2) is 5.34. The van der Waals surface area contributed by atoms with Gasteiger partial charge in [0.2, 0.25) is 0 Å². The molecule has 1 heterocycles. The third kappa shape index (κ3) is 2.75. The van der Waals surface area contributed by atoms with E-state index in [1.807, 2.05) is 47.2 Å². The van der Waals surface area contributed by atoms with E-state index in [2.05, 4.69) is 11.7 Å². The fraction of sp³-hybridized carbons (Fsp3) is 0.214. The Balaban J connectivity index is 2.16. The standard InChI is InChI=1S/C14H17N3/c1-2-3-7-10-17-14(15)11-13(16-17)12-8-5-4-6-9-12/h2,4-6,8-9,11H,1,3,7,10,15H2. The average molecular weight is 227 g/mol. The number of hydrogen-bond acceptors (Lipinski definition) is 2.